The maximum atomic E-state index is 11.1. The topological polar surface area (TPSA) is 136 Å². The average molecular weight is 711 g/mol. The zero-order valence-electron chi connectivity index (χ0n) is 21.2. The van der Waals surface area contributed by atoms with Gasteiger partial charge in [-0.25, -0.2) is 0 Å². The Labute approximate surface area is 273 Å². The molecule has 3 heterocycles. The molecule has 0 N–H and O–H groups in total. The van der Waals surface area contributed by atoms with Crippen molar-refractivity contribution in [2.75, 3.05) is 10.7 Å². The van der Waals surface area contributed by atoms with Gasteiger partial charge in [0, 0.05) is 18.6 Å². The van der Waals surface area contributed by atoms with Gasteiger partial charge in [0.15, 0.2) is 0 Å². The van der Waals surface area contributed by atoms with Crippen molar-refractivity contribution in [2.45, 2.75) is 0 Å². The summed E-state index contributed by atoms with van der Waals surface area (Å²) in [7, 11) is 0. The van der Waals surface area contributed by atoms with E-state index in [1.54, 1.807) is 36.8 Å². The summed E-state index contributed by atoms with van der Waals surface area (Å²) in [6.45, 7) is 0. The van der Waals surface area contributed by atoms with Crippen molar-refractivity contribution in [1.82, 2.24) is 15.0 Å². The third-order valence-corrected chi connectivity index (χ3v) is 4.79. The third kappa shape index (κ3) is 12.7. The molecule has 0 saturated heterocycles. The van der Waals surface area contributed by atoms with Gasteiger partial charge < -0.3 is 20.8 Å². The van der Waals surface area contributed by atoms with Gasteiger partial charge in [0.2, 0.25) is 0 Å². The summed E-state index contributed by atoms with van der Waals surface area (Å²) in [5.41, 5.74) is 1.65. The number of hydrogen-bond acceptors (Lipinski definition) is 6. The molecule has 41 heavy (non-hydrogen) atoms. The summed E-state index contributed by atoms with van der Waals surface area (Å²) in [6, 6.07) is 26.5. The molecular weight excluding hydrogens is 689 g/mol. The molecule has 7 nitrogen and oxygen atoms in total. The quantitative estimate of drug-likeness (QED) is 0.128. The minimum absolute atomic E-state index is 0. The molecule has 6 aromatic rings. The van der Waals surface area contributed by atoms with E-state index in [9.17, 15) is 15.3 Å². The van der Waals surface area contributed by atoms with E-state index in [2.05, 4.69) is 15.0 Å². The number of aromatic nitrogens is 3. The number of hydrogen-bond donors (Lipinski definition) is 0. The monoisotopic (exact) mass is 709 g/mol. The minimum Gasteiger partial charge on any atom is -2.00 e. The van der Waals surface area contributed by atoms with Crippen LogP contribution in [0.3, 0.4) is 0 Å². The molecule has 0 amide bonds. The summed E-state index contributed by atoms with van der Waals surface area (Å²) < 4.78 is 0. The molecule has 3 aromatic heterocycles. The molecule has 0 aliphatic rings. The normalized spacial score (nSPS) is 9.07. The molecular formula is C29H22Cl4N3NbO4. The molecule has 0 fully saturated rings. The van der Waals surface area contributed by atoms with E-state index in [0.717, 1.165) is 16.2 Å². The van der Waals surface area contributed by atoms with Gasteiger partial charge in [-0.15, -0.1) is 46.4 Å². The smallest absolute Gasteiger partial charge is 2.00 e. The second kappa shape index (κ2) is 21.8. The fourth-order valence-electron chi connectivity index (χ4n) is 3.23. The first-order valence-electron chi connectivity index (χ1n) is 11.2. The molecule has 0 spiro atoms. The molecule has 210 valence electrons. The molecule has 6 rings (SSSR count). The van der Waals surface area contributed by atoms with Crippen molar-refractivity contribution >= 4 is 79.1 Å². The van der Waals surface area contributed by atoms with Crippen LogP contribution in [0.2, 0.25) is 0 Å². The first kappa shape index (κ1) is 38.2. The van der Waals surface area contributed by atoms with Gasteiger partial charge >= 0.3 is 22.4 Å². The second-order valence-corrected chi connectivity index (χ2v) is 8.81. The Kier molecular flexibility index (Phi) is 20.3. The number of rotatable bonds is 0. The van der Waals surface area contributed by atoms with Crippen LogP contribution in [0.4, 0.5) is 0 Å². The molecule has 12 heteroatoms. The zero-order valence-corrected chi connectivity index (χ0v) is 26.5. The van der Waals surface area contributed by atoms with Crippen LogP contribution in [0.1, 0.15) is 0 Å². The molecule has 0 radical (unpaired) electrons. The van der Waals surface area contributed by atoms with Crippen molar-refractivity contribution in [2.24, 2.45) is 0 Å². The summed E-state index contributed by atoms with van der Waals surface area (Å²) in [6.07, 6.45) is 4.89. The number of fused-ring (bicyclic) bond motifs is 3. The summed E-state index contributed by atoms with van der Waals surface area (Å²) in [5.74, 6) is -0.0331. The molecule has 0 aliphatic heterocycles. The maximum Gasteiger partial charge on any atom is 5.00 e. The van der Waals surface area contributed by atoms with E-state index in [0.29, 0.717) is 16.6 Å². The Morgan fingerprint density at radius 3 is 0.878 bits per heavy atom. The zero-order chi connectivity index (χ0) is 28.5. The summed E-state index contributed by atoms with van der Waals surface area (Å²) in [5, 5.41) is 36.4. The Bertz CT molecular complexity index is 1380. The Hall–Kier alpha value is -2.85. The van der Waals surface area contributed by atoms with Crippen molar-refractivity contribution in [3.05, 3.63) is 110 Å². The number of nitrogens with zero attached hydrogens (tertiary/aromatic N) is 3. The van der Waals surface area contributed by atoms with Gasteiger partial charge in [0.05, 0.1) is 27.2 Å². The molecule has 0 aliphatic carbocycles. The van der Waals surface area contributed by atoms with Crippen molar-refractivity contribution < 1.29 is 43.2 Å². The molecule has 0 saturated carbocycles. The standard InChI is InChI=1S/3C9H7NO.2CH2Cl2.Nb.O/c3*11-8-5-1-3-7-4-2-6-10-9(7)8;2*2-1-3;;/h3*1-6,11H;2*1H2;;/q;;;;;+5;-2/p-3. The number of benzene rings is 3. The molecule has 3 aromatic carbocycles. The van der Waals surface area contributed by atoms with Gasteiger partial charge in [-0.1, -0.05) is 90.0 Å². The van der Waals surface area contributed by atoms with Crippen LogP contribution < -0.4 is 15.3 Å². The van der Waals surface area contributed by atoms with Crippen LogP contribution in [-0.4, -0.2) is 25.6 Å². The van der Waals surface area contributed by atoms with Crippen LogP contribution >= 0.6 is 46.4 Å². The van der Waals surface area contributed by atoms with Crippen molar-refractivity contribution in [1.29, 1.82) is 0 Å². The fraction of sp³-hybridized carbons (Fsp3) is 0.0690. The van der Waals surface area contributed by atoms with Gasteiger partial charge in [-0.3, -0.25) is 15.0 Å². The largest absolute Gasteiger partial charge is 5.00 e. The van der Waals surface area contributed by atoms with Gasteiger partial charge in [-0.05, 0) is 34.4 Å². The van der Waals surface area contributed by atoms with Crippen LogP contribution in [0.15, 0.2) is 110 Å². The van der Waals surface area contributed by atoms with Gasteiger partial charge in [0.1, 0.15) is 0 Å². The van der Waals surface area contributed by atoms with Crippen LogP contribution in [0, 0.1) is 0 Å². The average Bonchev–Trinajstić information content (AvgIpc) is 2.96. The summed E-state index contributed by atoms with van der Waals surface area (Å²) in [4.78, 5) is 11.9. The summed E-state index contributed by atoms with van der Waals surface area (Å²) >= 11 is 19.1. The maximum absolute atomic E-state index is 11.1. The van der Waals surface area contributed by atoms with E-state index in [4.69, 9.17) is 46.4 Å². The first-order valence-corrected chi connectivity index (χ1v) is 13.4. The Morgan fingerprint density at radius 1 is 0.439 bits per heavy atom. The second-order valence-electron chi connectivity index (χ2n) is 7.20. The predicted octanol–water partition coefficient (Wildman–Crippen LogP) is 6.65. The van der Waals surface area contributed by atoms with Gasteiger partial charge in [-0.2, -0.15) is 0 Å². The SMILES string of the molecule is ClCCl.ClCCl.[Nb+5].[O-2].[O-]c1cccc2cccnc12.[O-]c1cccc2cccnc12.[O-]c1cccc2cccnc12. The molecule has 0 bridgehead atoms. The number of alkyl halides is 4. The van der Waals surface area contributed by atoms with Gasteiger partial charge in [0.25, 0.3) is 0 Å². The number of pyridine rings is 3. The van der Waals surface area contributed by atoms with Crippen molar-refractivity contribution in [3.8, 4) is 17.2 Å². The Balaban J connectivity index is 0.000000522. The fourth-order valence-corrected chi connectivity index (χ4v) is 3.23. The first-order chi connectivity index (χ1) is 19.0. The van der Waals surface area contributed by atoms with E-state index < -0.39 is 0 Å². The Morgan fingerprint density at radius 2 is 0.659 bits per heavy atom. The van der Waals surface area contributed by atoms with E-state index in [1.807, 2.05) is 54.6 Å². The molecule has 0 unspecified atom stereocenters. The van der Waals surface area contributed by atoms with Crippen molar-refractivity contribution in [3.63, 3.8) is 0 Å². The van der Waals surface area contributed by atoms with Crippen LogP contribution in [-0.2, 0) is 27.9 Å². The predicted molar refractivity (Wildman–Crippen MR) is 157 cm³/mol. The van der Waals surface area contributed by atoms with E-state index in [-0.39, 0.29) is 55.8 Å². The number of para-hydroxylation sites is 3. The van der Waals surface area contributed by atoms with E-state index >= 15 is 0 Å². The van der Waals surface area contributed by atoms with Crippen LogP contribution in [0.5, 0.6) is 17.2 Å². The van der Waals surface area contributed by atoms with Crippen LogP contribution in [0.25, 0.3) is 32.7 Å². The van der Waals surface area contributed by atoms with E-state index in [1.165, 1.54) is 18.2 Å². The number of halogens is 4. The third-order valence-electron chi connectivity index (χ3n) is 4.79. The molecule has 0 atom stereocenters. The minimum atomic E-state index is -0.0110.